The molecule has 0 bridgehead atoms. The average molecular weight is 353 g/mol. The van der Waals surface area contributed by atoms with Crippen LogP contribution in [0.25, 0.3) is 0 Å². The van der Waals surface area contributed by atoms with Crippen molar-refractivity contribution >= 4 is 25.3 Å². The highest BCUT2D eigenvalue weighted by Gasteiger charge is 2.36. The second kappa shape index (κ2) is 15.4. The first-order valence-electron chi connectivity index (χ1n) is 7.40. The number of rotatable bonds is 11. The van der Waals surface area contributed by atoms with Gasteiger partial charge in [-0.15, -0.1) is 0 Å². The largest absolute Gasteiger partial charge is 0.500 e. The summed E-state index contributed by atoms with van der Waals surface area (Å²) in [5, 5.41) is 0. The van der Waals surface area contributed by atoms with Crippen molar-refractivity contribution in [3.8, 4) is 0 Å². The first kappa shape index (κ1) is 23.7. The van der Waals surface area contributed by atoms with Crippen molar-refractivity contribution in [2.24, 2.45) is 0 Å². The quantitative estimate of drug-likeness (QED) is 0.243. The van der Waals surface area contributed by atoms with Crippen LogP contribution in [-0.4, -0.2) is 59.8 Å². The number of unbranched alkanes of at least 4 members (excludes halogenated alkanes) is 1. The molecule has 0 aliphatic rings. The molecule has 0 atom stereocenters. The van der Waals surface area contributed by atoms with Gasteiger partial charge < -0.3 is 22.4 Å². The molecule has 0 saturated heterocycles. The molecular weight excluding hydrogens is 320 g/mol. The van der Waals surface area contributed by atoms with E-state index in [2.05, 4.69) is 13.5 Å². The molecule has 0 aromatic heterocycles. The van der Waals surface area contributed by atoms with Crippen LogP contribution in [0, 0.1) is 0 Å². The summed E-state index contributed by atoms with van der Waals surface area (Å²) in [5.74, 6) is -0.375. The van der Waals surface area contributed by atoms with Gasteiger partial charge in [-0.2, -0.15) is 0 Å². The third-order valence-electron chi connectivity index (χ3n) is 2.84. The lowest BCUT2D eigenvalue weighted by atomic mass is 10.4. The minimum atomic E-state index is -2.53. The van der Waals surface area contributed by atoms with Crippen LogP contribution in [0.4, 0.5) is 0 Å². The highest BCUT2D eigenvalue weighted by molar-refractivity contribution is 6.60. The molecule has 0 aromatic carbocycles. The van der Waals surface area contributed by atoms with Crippen molar-refractivity contribution in [3.05, 3.63) is 12.2 Å². The van der Waals surface area contributed by atoms with E-state index < -0.39 is 8.80 Å². The molecule has 0 radical (unpaired) electrons. The third kappa shape index (κ3) is 12.1. The van der Waals surface area contributed by atoms with Gasteiger partial charge in [-0.25, -0.2) is 4.79 Å². The smallest absolute Gasteiger partial charge is 0.462 e. The fraction of sp³-hybridized carbons (Fsp3) is 0.786. The summed E-state index contributed by atoms with van der Waals surface area (Å²) in [5.41, 5.74) is 0.397. The lowest BCUT2D eigenvalue weighted by molar-refractivity contribution is -0.139. The molecule has 0 amide bonds. The monoisotopic (exact) mass is 352 g/mol. The van der Waals surface area contributed by atoms with Crippen molar-refractivity contribution in [1.82, 2.24) is 0 Å². The van der Waals surface area contributed by atoms with Crippen LogP contribution in [0.2, 0.25) is 6.04 Å². The highest BCUT2D eigenvalue weighted by atomic mass is 28.4. The number of carbonyl (C=O) groups excluding carboxylic acids is 1. The van der Waals surface area contributed by atoms with E-state index in [0.717, 1.165) is 17.1 Å². The van der Waals surface area contributed by atoms with E-state index in [4.69, 9.17) is 22.4 Å². The summed E-state index contributed by atoms with van der Waals surface area (Å²) in [6.45, 7) is 8.56. The van der Waals surface area contributed by atoms with Gasteiger partial charge in [0.1, 0.15) is 10.5 Å². The summed E-state index contributed by atoms with van der Waals surface area (Å²) in [4.78, 5) is 11.1. The van der Waals surface area contributed by atoms with Crippen molar-refractivity contribution in [2.45, 2.75) is 39.2 Å². The van der Waals surface area contributed by atoms with Gasteiger partial charge in [0, 0.05) is 39.6 Å². The Labute approximate surface area is 139 Å². The van der Waals surface area contributed by atoms with Crippen LogP contribution in [0.1, 0.15) is 33.1 Å². The van der Waals surface area contributed by atoms with E-state index in [1.54, 1.807) is 28.3 Å². The maximum absolute atomic E-state index is 11.1. The Balaban J connectivity index is 0. The molecule has 8 heteroatoms. The fourth-order valence-corrected chi connectivity index (χ4v) is 3.40. The molecule has 0 rings (SSSR count). The molecular formula is C14H32O6Si2. The summed E-state index contributed by atoms with van der Waals surface area (Å²) in [7, 11) is 3.04. The van der Waals surface area contributed by atoms with E-state index in [1.165, 1.54) is 12.8 Å². The zero-order valence-electron chi connectivity index (χ0n) is 14.9. The minimum Gasteiger partial charge on any atom is -0.462 e. The molecule has 22 heavy (non-hydrogen) atoms. The average Bonchev–Trinajstić information content (AvgIpc) is 2.54. The molecule has 0 heterocycles. The van der Waals surface area contributed by atoms with E-state index in [9.17, 15) is 4.79 Å². The lowest BCUT2D eigenvalue weighted by Crippen LogP contribution is -2.42. The van der Waals surface area contributed by atoms with E-state index in [0.29, 0.717) is 24.6 Å². The summed E-state index contributed by atoms with van der Waals surface area (Å²) in [6.07, 6.45) is 3.12. The Bertz CT molecular complexity index is 283. The van der Waals surface area contributed by atoms with Crippen LogP contribution < -0.4 is 0 Å². The Morgan fingerprint density at radius 3 is 1.95 bits per heavy atom. The zero-order chi connectivity index (χ0) is 17.4. The molecule has 6 nitrogen and oxygen atoms in total. The highest BCUT2D eigenvalue weighted by Crippen LogP contribution is 2.14. The zero-order valence-corrected chi connectivity index (χ0v) is 17.9. The van der Waals surface area contributed by atoms with Crippen LogP contribution in [-0.2, 0) is 27.2 Å². The summed E-state index contributed by atoms with van der Waals surface area (Å²) >= 11 is 0. The second-order valence-electron chi connectivity index (χ2n) is 4.66. The lowest BCUT2D eigenvalue weighted by Gasteiger charge is -2.24. The molecule has 0 spiro atoms. The van der Waals surface area contributed by atoms with Crippen LogP contribution in [0.15, 0.2) is 12.2 Å². The molecule has 132 valence electrons. The van der Waals surface area contributed by atoms with Crippen molar-refractivity contribution in [1.29, 1.82) is 0 Å². The Hall–Kier alpha value is -0.516. The summed E-state index contributed by atoms with van der Waals surface area (Å²) < 4.78 is 25.6. The molecule has 0 saturated carbocycles. The topological polar surface area (TPSA) is 63.2 Å². The molecule has 0 aromatic rings. The van der Waals surface area contributed by atoms with Gasteiger partial charge in [-0.1, -0.05) is 19.9 Å². The van der Waals surface area contributed by atoms with Crippen LogP contribution in [0.5, 0.6) is 0 Å². The van der Waals surface area contributed by atoms with Gasteiger partial charge in [0.15, 0.2) is 0 Å². The van der Waals surface area contributed by atoms with Gasteiger partial charge in [0.25, 0.3) is 0 Å². The minimum absolute atomic E-state index is 0.316. The molecule has 0 N–H and O–H groups in total. The Morgan fingerprint density at radius 1 is 1.09 bits per heavy atom. The SMILES string of the molecule is C=C(C)C(=O)OCCC[Si](OC)(OC)OC.CCCCO[SiH3]. The first-order chi connectivity index (χ1) is 10.4. The summed E-state index contributed by atoms with van der Waals surface area (Å²) in [6, 6.07) is 0.611. The van der Waals surface area contributed by atoms with Gasteiger partial charge >= 0.3 is 14.8 Å². The number of esters is 1. The van der Waals surface area contributed by atoms with Crippen molar-refractivity contribution in [2.75, 3.05) is 34.5 Å². The van der Waals surface area contributed by atoms with E-state index in [1.807, 2.05) is 0 Å². The van der Waals surface area contributed by atoms with E-state index in [-0.39, 0.29) is 5.97 Å². The second-order valence-corrected chi connectivity index (χ2v) is 8.33. The predicted octanol–water partition coefficient (Wildman–Crippen LogP) is 1.46. The Morgan fingerprint density at radius 2 is 1.64 bits per heavy atom. The maximum Gasteiger partial charge on any atom is 0.500 e. The number of carbonyl (C=O) groups is 1. The molecule has 0 aliphatic heterocycles. The number of hydrogen-bond donors (Lipinski definition) is 0. The van der Waals surface area contributed by atoms with Crippen LogP contribution in [0.3, 0.4) is 0 Å². The van der Waals surface area contributed by atoms with E-state index >= 15 is 0 Å². The molecule has 0 aliphatic carbocycles. The van der Waals surface area contributed by atoms with Gasteiger partial charge in [0.05, 0.1) is 6.61 Å². The number of hydrogen-bond acceptors (Lipinski definition) is 6. The molecule has 0 fully saturated rings. The normalized spacial score (nSPS) is 10.8. The third-order valence-corrected chi connectivity index (χ3v) is 6.08. The Kier molecular flexibility index (Phi) is 16.6. The van der Waals surface area contributed by atoms with Crippen LogP contribution >= 0.6 is 0 Å². The predicted molar refractivity (Wildman–Crippen MR) is 92.8 cm³/mol. The van der Waals surface area contributed by atoms with Gasteiger partial charge in [-0.3, -0.25) is 0 Å². The maximum atomic E-state index is 11.1. The van der Waals surface area contributed by atoms with Gasteiger partial charge in [-0.05, 0) is 19.8 Å². The number of ether oxygens (including phenoxy) is 1. The fourth-order valence-electron chi connectivity index (χ4n) is 1.42. The van der Waals surface area contributed by atoms with Crippen molar-refractivity contribution in [3.63, 3.8) is 0 Å². The first-order valence-corrected chi connectivity index (χ1v) is 10.1. The molecule has 0 unspecified atom stereocenters. The standard InChI is InChI=1S/C10H20O5Si.C4H12OSi/c1-9(2)10(11)15-7-6-8-16(12-3,13-4)14-5;1-2-3-4-5-6/h1,6-8H2,2-5H3;2-4H2,1,6H3. The van der Waals surface area contributed by atoms with Crippen molar-refractivity contribution < 1.29 is 27.2 Å². The van der Waals surface area contributed by atoms with Gasteiger partial charge in [0.2, 0.25) is 0 Å².